The second-order valence-corrected chi connectivity index (χ2v) is 4.87. The number of amides is 1. The highest BCUT2D eigenvalue weighted by atomic mass is 35.5. The lowest BCUT2D eigenvalue weighted by atomic mass is 9.82. The number of allylic oxidation sites excluding steroid dienone is 1. The standard InChI is InChI=1S/C15H16ClNO/c1-8-5-9(16)6-13-10-3-2-4-11(15(17)18)14(10)7-12(8)13/h5-6,11H,2-4,7H2,1H3,(H2,17,18)/i2D2,3D2,4D2,6D. The first-order chi connectivity index (χ1) is 11.3. The first-order valence-electron chi connectivity index (χ1n) is 9.08. The number of hydrogen-bond donors (Lipinski definition) is 1. The van der Waals surface area contributed by atoms with E-state index in [0.717, 1.165) is 0 Å². The number of nitrogens with two attached hydrogens (primary N) is 1. The predicted octanol–water partition coefficient (Wildman–Crippen LogP) is 3.24. The summed E-state index contributed by atoms with van der Waals surface area (Å²) in [5.74, 6) is -2.67. The molecule has 1 aromatic rings. The fourth-order valence-electron chi connectivity index (χ4n) is 2.48. The Labute approximate surface area is 122 Å². The molecule has 0 heterocycles. The molecule has 2 aliphatic carbocycles. The van der Waals surface area contributed by atoms with E-state index in [2.05, 4.69) is 0 Å². The largest absolute Gasteiger partial charge is 0.369 e. The van der Waals surface area contributed by atoms with Crippen molar-refractivity contribution in [2.45, 2.75) is 32.5 Å². The lowest BCUT2D eigenvalue weighted by Gasteiger charge is -2.22. The average Bonchev–Trinajstić information content (AvgIpc) is 2.84. The first-order valence-corrected chi connectivity index (χ1v) is 5.96. The molecule has 2 aliphatic rings. The van der Waals surface area contributed by atoms with Crippen LogP contribution in [0.2, 0.25) is 5.02 Å². The number of benzene rings is 1. The maximum absolute atomic E-state index is 12.0. The van der Waals surface area contributed by atoms with Crippen molar-refractivity contribution in [1.82, 2.24) is 0 Å². The Balaban J connectivity index is 2.44. The topological polar surface area (TPSA) is 43.1 Å². The van der Waals surface area contributed by atoms with Crippen LogP contribution in [0.1, 0.15) is 45.4 Å². The van der Waals surface area contributed by atoms with Crippen molar-refractivity contribution in [2.75, 3.05) is 0 Å². The summed E-state index contributed by atoms with van der Waals surface area (Å²) >= 11 is 6.06. The van der Waals surface area contributed by atoms with Crippen molar-refractivity contribution in [3.63, 3.8) is 0 Å². The van der Waals surface area contributed by atoms with Crippen molar-refractivity contribution < 1.29 is 14.4 Å². The highest BCUT2D eigenvalue weighted by Gasteiger charge is 2.33. The van der Waals surface area contributed by atoms with Gasteiger partial charge in [0.1, 0.15) is 0 Å². The third-order valence-electron chi connectivity index (χ3n) is 3.34. The molecule has 1 atom stereocenters. The monoisotopic (exact) mass is 268 g/mol. The van der Waals surface area contributed by atoms with Gasteiger partial charge >= 0.3 is 0 Å². The van der Waals surface area contributed by atoms with Gasteiger partial charge in [0, 0.05) is 13.2 Å². The second kappa shape index (κ2) is 4.13. The van der Waals surface area contributed by atoms with Crippen LogP contribution in [0.25, 0.3) is 5.57 Å². The van der Waals surface area contributed by atoms with E-state index in [1.807, 2.05) is 0 Å². The molecule has 1 unspecified atom stereocenters. The van der Waals surface area contributed by atoms with Gasteiger partial charge in [0.05, 0.1) is 7.29 Å². The number of carbonyl (C=O) groups is 1. The number of primary amides is 1. The Bertz CT molecular complexity index is 847. The highest BCUT2D eigenvalue weighted by Crippen LogP contribution is 2.45. The molecule has 0 bridgehead atoms. The molecule has 1 aromatic carbocycles. The number of carbonyl (C=O) groups excluding carboxylic acids is 1. The number of hydrogen-bond acceptors (Lipinski definition) is 1. The zero-order valence-corrected chi connectivity index (χ0v) is 10.5. The van der Waals surface area contributed by atoms with Gasteiger partial charge in [0.15, 0.2) is 0 Å². The van der Waals surface area contributed by atoms with E-state index in [-0.39, 0.29) is 34.2 Å². The third kappa shape index (κ3) is 1.67. The lowest BCUT2D eigenvalue weighted by Crippen LogP contribution is -2.27. The Morgan fingerprint density at radius 3 is 3.17 bits per heavy atom. The van der Waals surface area contributed by atoms with Crippen LogP contribution >= 0.6 is 11.6 Å². The predicted molar refractivity (Wildman–Crippen MR) is 73.3 cm³/mol. The quantitative estimate of drug-likeness (QED) is 0.835. The van der Waals surface area contributed by atoms with Crippen molar-refractivity contribution in [3.05, 3.63) is 39.4 Å². The summed E-state index contributed by atoms with van der Waals surface area (Å²) in [5, 5.41) is 0.0885. The summed E-state index contributed by atoms with van der Waals surface area (Å²) in [6.07, 6.45) is -8.57. The highest BCUT2D eigenvalue weighted by molar-refractivity contribution is 6.30. The Morgan fingerprint density at radius 1 is 1.67 bits per heavy atom. The number of rotatable bonds is 1. The van der Waals surface area contributed by atoms with E-state index in [9.17, 15) is 4.79 Å². The van der Waals surface area contributed by atoms with Gasteiger partial charge in [-0.15, -0.1) is 0 Å². The lowest BCUT2D eigenvalue weighted by molar-refractivity contribution is -0.121. The van der Waals surface area contributed by atoms with Gasteiger partial charge < -0.3 is 5.73 Å². The minimum Gasteiger partial charge on any atom is -0.369 e. The Kier molecular flexibility index (Phi) is 1.43. The van der Waals surface area contributed by atoms with Crippen LogP contribution in [-0.4, -0.2) is 5.91 Å². The summed E-state index contributed by atoms with van der Waals surface area (Å²) in [6.45, 7) is 1.72. The van der Waals surface area contributed by atoms with E-state index >= 15 is 0 Å². The molecule has 0 aliphatic heterocycles. The molecule has 0 saturated heterocycles. The van der Waals surface area contributed by atoms with Gasteiger partial charge in [-0.25, -0.2) is 0 Å². The zero-order chi connectivity index (χ0) is 19.1. The average molecular weight is 269 g/mol. The molecule has 3 rings (SSSR count). The van der Waals surface area contributed by atoms with Gasteiger partial charge in [-0.3, -0.25) is 4.79 Å². The van der Waals surface area contributed by atoms with Gasteiger partial charge in [0.2, 0.25) is 5.91 Å². The molecule has 94 valence electrons. The molecule has 0 aromatic heterocycles. The molecule has 2 nitrogen and oxygen atoms in total. The number of fused-ring (bicyclic) bond motifs is 2. The fourth-order valence-corrected chi connectivity index (χ4v) is 2.73. The molecular formula is C15H16ClNO. The van der Waals surface area contributed by atoms with Crippen molar-refractivity contribution in [2.24, 2.45) is 11.7 Å². The van der Waals surface area contributed by atoms with Crippen LogP contribution in [0, 0.1) is 12.8 Å². The van der Waals surface area contributed by atoms with E-state index in [1.165, 1.54) is 0 Å². The maximum Gasteiger partial charge on any atom is 0.224 e. The van der Waals surface area contributed by atoms with E-state index in [1.54, 1.807) is 13.0 Å². The molecule has 2 N–H and O–H groups in total. The molecular weight excluding hydrogens is 246 g/mol. The van der Waals surface area contributed by atoms with Gasteiger partial charge in [-0.1, -0.05) is 11.6 Å². The van der Waals surface area contributed by atoms with Crippen LogP contribution in [0.15, 0.2) is 17.7 Å². The summed E-state index contributed by atoms with van der Waals surface area (Å²) in [5.41, 5.74) is 6.69. The van der Waals surface area contributed by atoms with Crippen LogP contribution in [-0.2, 0) is 11.2 Å². The van der Waals surface area contributed by atoms with Crippen LogP contribution in [0.3, 0.4) is 0 Å². The Hall–Kier alpha value is -1.28. The normalized spacial score (nSPS) is 35.9. The second-order valence-electron chi connectivity index (χ2n) is 4.46. The summed E-state index contributed by atoms with van der Waals surface area (Å²) in [4.78, 5) is 12.0. The summed E-state index contributed by atoms with van der Waals surface area (Å²) in [6, 6.07) is 1.40. The zero-order valence-electron chi connectivity index (χ0n) is 16.7. The summed E-state index contributed by atoms with van der Waals surface area (Å²) < 4.78 is 57.3. The molecule has 0 spiro atoms. The Morgan fingerprint density at radius 2 is 2.44 bits per heavy atom. The van der Waals surface area contributed by atoms with E-state index in [4.69, 9.17) is 26.9 Å². The van der Waals surface area contributed by atoms with Crippen LogP contribution < -0.4 is 5.73 Å². The fraction of sp³-hybridized carbons (Fsp3) is 0.400. The van der Waals surface area contributed by atoms with Crippen LogP contribution in [0.5, 0.6) is 0 Å². The smallest absolute Gasteiger partial charge is 0.224 e. The van der Waals surface area contributed by atoms with Crippen LogP contribution in [0.4, 0.5) is 0 Å². The maximum atomic E-state index is 12.0. The third-order valence-corrected chi connectivity index (χ3v) is 3.54. The molecule has 0 radical (unpaired) electrons. The van der Waals surface area contributed by atoms with Crippen molar-refractivity contribution >= 4 is 23.1 Å². The minimum atomic E-state index is -3.02. The molecule has 0 saturated carbocycles. The SMILES string of the molecule is [2H]c1c(Cl)cc(C)c2c1C1=C(C2)C(C(N)=O)C([2H])([2H])C([2H])([2H])C1([2H])[2H]. The number of aryl methyl sites for hydroxylation is 1. The first kappa shape index (κ1) is 6.25. The van der Waals surface area contributed by atoms with Crippen molar-refractivity contribution in [3.8, 4) is 0 Å². The van der Waals surface area contributed by atoms with Gasteiger partial charge in [0.25, 0.3) is 0 Å². The molecule has 0 fully saturated rings. The summed E-state index contributed by atoms with van der Waals surface area (Å²) in [7, 11) is 0. The van der Waals surface area contributed by atoms with E-state index in [0.29, 0.717) is 11.1 Å². The molecule has 3 heteroatoms. The molecule has 18 heavy (non-hydrogen) atoms. The van der Waals surface area contributed by atoms with Crippen molar-refractivity contribution in [1.29, 1.82) is 0 Å². The molecule has 1 amide bonds. The van der Waals surface area contributed by atoms with E-state index < -0.39 is 30.9 Å². The van der Waals surface area contributed by atoms with Gasteiger partial charge in [-0.2, -0.15) is 0 Å². The minimum absolute atomic E-state index is 0.0439. The van der Waals surface area contributed by atoms with Gasteiger partial charge in [-0.05, 0) is 72.4 Å². The number of halogens is 1.